The molecule has 0 amide bonds. The first kappa shape index (κ1) is 16.0. The molecule has 1 atom stereocenters. The molecule has 8 heteroatoms. The lowest BCUT2D eigenvalue weighted by Gasteiger charge is -2.26. The highest BCUT2D eigenvalue weighted by Gasteiger charge is 2.14. The second kappa shape index (κ2) is 8.21. The molecule has 2 N–H and O–H groups in total. The maximum absolute atomic E-state index is 11.7. The Labute approximate surface area is 112 Å². The van der Waals surface area contributed by atoms with Crippen molar-refractivity contribution in [1.82, 2.24) is 14.9 Å². The summed E-state index contributed by atoms with van der Waals surface area (Å²) in [5, 5.41) is 3.23. The molecule has 18 heavy (non-hydrogen) atoms. The van der Waals surface area contributed by atoms with E-state index in [0.717, 1.165) is 26.2 Å². The number of sulfonamides is 1. The van der Waals surface area contributed by atoms with Crippen LogP contribution in [-0.2, 0) is 20.8 Å². The Morgan fingerprint density at radius 3 is 2.61 bits per heavy atom. The minimum Gasteiger partial charge on any atom is -0.314 e. The van der Waals surface area contributed by atoms with Gasteiger partial charge in [0.1, 0.15) is 0 Å². The zero-order chi connectivity index (χ0) is 13.4. The topological polar surface area (TPSA) is 78.5 Å². The SMILES string of the molecule is CS(=O)CCCNS(=O)(=O)CCN1CCNCC1. The first-order chi connectivity index (χ1) is 8.49. The molecule has 1 unspecified atom stereocenters. The molecule has 0 bridgehead atoms. The molecule has 0 spiro atoms. The van der Waals surface area contributed by atoms with Crippen molar-refractivity contribution < 1.29 is 12.6 Å². The average Bonchev–Trinajstić information content (AvgIpc) is 2.34. The van der Waals surface area contributed by atoms with Crippen LogP contribution in [0.2, 0.25) is 0 Å². The van der Waals surface area contributed by atoms with Gasteiger partial charge in [-0.05, 0) is 6.42 Å². The number of hydrogen-bond donors (Lipinski definition) is 2. The summed E-state index contributed by atoms with van der Waals surface area (Å²) in [6, 6.07) is 0. The maximum Gasteiger partial charge on any atom is 0.212 e. The molecule has 0 aliphatic carbocycles. The van der Waals surface area contributed by atoms with Crippen molar-refractivity contribution in [3.05, 3.63) is 0 Å². The lowest BCUT2D eigenvalue weighted by atomic mass is 10.4. The van der Waals surface area contributed by atoms with E-state index in [0.29, 0.717) is 25.3 Å². The van der Waals surface area contributed by atoms with Crippen molar-refractivity contribution in [2.24, 2.45) is 0 Å². The summed E-state index contributed by atoms with van der Waals surface area (Å²) in [6.45, 7) is 4.63. The molecule has 1 heterocycles. The number of hydrogen-bond acceptors (Lipinski definition) is 5. The van der Waals surface area contributed by atoms with Crippen molar-refractivity contribution in [3.8, 4) is 0 Å². The third-order valence-electron chi connectivity index (χ3n) is 2.82. The van der Waals surface area contributed by atoms with Gasteiger partial charge in [-0.15, -0.1) is 0 Å². The highest BCUT2D eigenvalue weighted by Crippen LogP contribution is 1.94. The van der Waals surface area contributed by atoms with Crippen LogP contribution in [0.3, 0.4) is 0 Å². The normalized spacial score (nSPS) is 19.8. The second-order valence-corrected chi connectivity index (χ2v) is 7.92. The smallest absolute Gasteiger partial charge is 0.212 e. The summed E-state index contributed by atoms with van der Waals surface area (Å²) in [6.07, 6.45) is 2.24. The minimum atomic E-state index is -3.19. The van der Waals surface area contributed by atoms with Crippen LogP contribution in [0.1, 0.15) is 6.42 Å². The Bertz CT molecular complexity index is 353. The van der Waals surface area contributed by atoms with E-state index in [1.165, 1.54) is 0 Å². The van der Waals surface area contributed by atoms with E-state index in [-0.39, 0.29) is 5.75 Å². The molecule has 0 saturated carbocycles. The van der Waals surface area contributed by atoms with E-state index in [9.17, 15) is 12.6 Å². The number of rotatable bonds is 8. The number of nitrogens with one attached hydrogen (secondary N) is 2. The van der Waals surface area contributed by atoms with Crippen molar-refractivity contribution in [1.29, 1.82) is 0 Å². The third kappa shape index (κ3) is 7.42. The summed E-state index contributed by atoms with van der Waals surface area (Å²) in [4.78, 5) is 2.15. The standard InChI is InChI=1S/C10H23N3O3S2/c1-17(14)9-2-3-12-18(15,16)10-8-13-6-4-11-5-7-13/h11-12H,2-10H2,1H3. The molecule has 1 saturated heterocycles. The van der Waals surface area contributed by atoms with E-state index in [4.69, 9.17) is 0 Å². The zero-order valence-corrected chi connectivity index (χ0v) is 12.5. The molecule has 1 fully saturated rings. The van der Waals surface area contributed by atoms with Crippen LogP contribution >= 0.6 is 0 Å². The molecule has 1 aliphatic heterocycles. The van der Waals surface area contributed by atoms with Gasteiger partial charge in [0, 0.05) is 62.1 Å². The molecule has 0 aromatic carbocycles. The fourth-order valence-corrected chi connectivity index (χ4v) is 3.41. The van der Waals surface area contributed by atoms with E-state index in [1.807, 2.05) is 0 Å². The Kier molecular flexibility index (Phi) is 7.31. The van der Waals surface area contributed by atoms with Crippen LogP contribution in [0.4, 0.5) is 0 Å². The monoisotopic (exact) mass is 297 g/mol. The largest absolute Gasteiger partial charge is 0.314 e. The predicted octanol–water partition coefficient (Wildman–Crippen LogP) is -1.42. The van der Waals surface area contributed by atoms with Gasteiger partial charge >= 0.3 is 0 Å². The van der Waals surface area contributed by atoms with Crippen LogP contribution in [0.15, 0.2) is 0 Å². The molecule has 1 rings (SSSR count). The molecular weight excluding hydrogens is 274 g/mol. The summed E-state index contributed by atoms with van der Waals surface area (Å²) in [5.74, 6) is 0.683. The van der Waals surface area contributed by atoms with E-state index >= 15 is 0 Å². The van der Waals surface area contributed by atoms with Crippen molar-refractivity contribution in [2.75, 3.05) is 57.0 Å². The zero-order valence-electron chi connectivity index (χ0n) is 10.9. The van der Waals surface area contributed by atoms with Crippen LogP contribution in [-0.4, -0.2) is 74.6 Å². The summed E-state index contributed by atoms with van der Waals surface area (Å²) >= 11 is 0. The van der Waals surface area contributed by atoms with Gasteiger partial charge in [0.25, 0.3) is 0 Å². The van der Waals surface area contributed by atoms with Gasteiger partial charge in [0.2, 0.25) is 10.0 Å². The average molecular weight is 297 g/mol. The fourth-order valence-electron chi connectivity index (χ4n) is 1.76. The quantitative estimate of drug-likeness (QED) is 0.538. The van der Waals surface area contributed by atoms with Crippen LogP contribution in [0, 0.1) is 0 Å². The van der Waals surface area contributed by atoms with Gasteiger partial charge in [0.05, 0.1) is 5.75 Å². The van der Waals surface area contributed by atoms with E-state index in [2.05, 4.69) is 14.9 Å². The van der Waals surface area contributed by atoms with Gasteiger partial charge in [-0.1, -0.05) is 0 Å². The summed E-state index contributed by atoms with van der Waals surface area (Å²) < 4.78 is 36.7. The molecule has 0 aromatic rings. The Balaban J connectivity index is 2.16. The molecular formula is C10H23N3O3S2. The lowest BCUT2D eigenvalue weighted by Crippen LogP contribution is -2.46. The molecule has 1 aliphatic rings. The van der Waals surface area contributed by atoms with Crippen LogP contribution in [0.5, 0.6) is 0 Å². The highest BCUT2D eigenvalue weighted by atomic mass is 32.2. The Morgan fingerprint density at radius 1 is 1.33 bits per heavy atom. The van der Waals surface area contributed by atoms with Crippen LogP contribution < -0.4 is 10.0 Å². The van der Waals surface area contributed by atoms with E-state index < -0.39 is 20.8 Å². The van der Waals surface area contributed by atoms with Gasteiger partial charge in [-0.3, -0.25) is 9.11 Å². The minimum absolute atomic E-state index is 0.141. The van der Waals surface area contributed by atoms with Crippen molar-refractivity contribution in [3.63, 3.8) is 0 Å². The maximum atomic E-state index is 11.7. The third-order valence-corrected chi connectivity index (χ3v) is 5.04. The first-order valence-corrected chi connectivity index (χ1v) is 9.58. The highest BCUT2D eigenvalue weighted by molar-refractivity contribution is 7.89. The van der Waals surface area contributed by atoms with Gasteiger partial charge in [0.15, 0.2) is 0 Å². The second-order valence-electron chi connectivity index (χ2n) is 4.44. The molecule has 0 aromatic heterocycles. The first-order valence-electron chi connectivity index (χ1n) is 6.20. The summed E-state index contributed by atoms with van der Waals surface area (Å²) in [7, 11) is -4.04. The Morgan fingerprint density at radius 2 is 2.00 bits per heavy atom. The number of piperazine rings is 1. The van der Waals surface area contributed by atoms with Crippen LogP contribution in [0.25, 0.3) is 0 Å². The molecule has 6 nitrogen and oxygen atoms in total. The molecule has 0 radical (unpaired) electrons. The predicted molar refractivity (Wildman–Crippen MR) is 74.6 cm³/mol. The lowest BCUT2D eigenvalue weighted by molar-refractivity contribution is 0.253. The Hall–Kier alpha value is -0.0200. The van der Waals surface area contributed by atoms with Crippen molar-refractivity contribution >= 4 is 20.8 Å². The van der Waals surface area contributed by atoms with Crippen molar-refractivity contribution in [2.45, 2.75) is 6.42 Å². The van der Waals surface area contributed by atoms with Gasteiger partial charge < -0.3 is 5.32 Å². The van der Waals surface area contributed by atoms with E-state index in [1.54, 1.807) is 6.26 Å². The summed E-state index contributed by atoms with van der Waals surface area (Å²) in [5.41, 5.74) is 0. The van der Waals surface area contributed by atoms with Gasteiger partial charge in [-0.2, -0.15) is 0 Å². The number of nitrogens with zero attached hydrogens (tertiary/aromatic N) is 1. The molecule has 108 valence electrons. The fraction of sp³-hybridized carbons (Fsp3) is 1.00. The van der Waals surface area contributed by atoms with Gasteiger partial charge in [-0.25, -0.2) is 13.1 Å².